The molecule has 0 saturated heterocycles. The Hall–Kier alpha value is -3.15. The molecule has 0 aliphatic carbocycles. The molecule has 2 aromatic carbocycles. The van der Waals surface area contributed by atoms with Crippen LogP contribution in [0.25, 0.3) is 0 Å². The van der Waals surface area contributed by atoms with E-state index >= 15 is 0 Å². The van der Waals surface area contributed by atoms with E-state index in [2.05, 4.69) is 16.0 Å². The molecule has 0 radical (unpaired) electrons. The van der Waals surface area contributed by atoms with E-state index in [-0.39, 0.29) is 17.7 Å². The first-order valence-corrected chi connectivity index (χ1v) is 7.92. The summed E-state index contributed by atoms with van der Waals surface area (Å²) < 4.78 is 0. The predicted octanol–water partition coefficient (Wildman–Crippen LogP) is 3.13. The van der Waals surface area contributed by atoms with Crippen LogP contribution in [0.4, 0.5) is 17.1 Å². The monoisotopic (exact) mass is 337 g/mol. The summed E-state index contributed by atoms with van der Waals surface area (Å²) in [6.07, 6.45) is 0. The third-order valence-electron chi connectivity index (χ3n) is 4.23. The van der Waals surface area contributed by atoms with Gasteiger partial charge in [0.1, 0.15) is 0 Å². The van der Waals surface area contributed by atoms with Gasteiger partial charge >= 0.3 is 0 Å². The highest BCUT2D eigenvalue weighted by molar-refractivity contribution is 6.09. The average Bonchev–Trinajstić information content (AvgIpc) is 2.78. The lowest BCUT2D eigenvalue weighted by Crippen LogP contribution is -2.26. The minimum absolute atomic E-state index is 0.0754. The van der Waals surface area contributed by atoms with Crippen LogP contribution in [-0.4, -0.2) is 17.7 Å². The second-order valence-corrected chi connectivity index (χ2v) is 6.55. The van der Waals surface area contributed by atoms with E-state index < -0.39 is 5.41 Å². The Balaban J connectivity index is 1.75. The summed E-state index contributed by atoms with van der Waals surface area (Å²) in [7, 11) is 0. The number of amides is 3. The van der Waals surface area contributed by atoms with Crippen molar-refractivity contribution in [2.24, 2.45) is 0 Å². The number of fused-ring (bicyclic) bond motifs is 1. The van der Waals surface area contributed by atoms with Crippen LogP contribution in [0.1, 0.15) is 36.7 Å². The topological polar surface area (TPSA) is 87.3 Å². The minimum atomic E-state index is -0.593. The van der Waals surface area contributed by atoms with Crippen molar-refractivity contribution in [3.63, 3.8) is 0 Å². The van der Waals surface area contributed by atoms with Crippen molar-refractivity contribution in [1.29, 1.82) is 0 Å². The van der Waals surface area contributed by atoms with Gasteiger partial charge in [-0.05, 0) is 55.8 Å². The van der Waals surface area contributed by atoms with Gasteiger partial charge < -0.3 is 16.0 Å². The number of nitrogens with one attached hydrogen (secondary N) is 3. The number of hydrogen-bond donors (Lipinski definition) is 3. The number of carbonyl (C=O) groups excluding carboxylic acids is 3. The highest BCUT2D eigenvalue weighted by Crippen LogP contribution is 2.37. The Kier molecular flexibility index (Phi) is 4.04. The number of hydrogen-bond acceptors (Lipinski definition) is 3. The molecule has 3 N–H and O–H groups in total. The summed E-state index contributed by atoms with van der Waals surface area (Å²) in [6.45, 7) is 5.14. The van der Waals surface area contributed by atoms with Crippen molar-refractivity contribution >= 4 is 34.8 Å². The van der Waals surface area contributed by atoms with Crippen molar-refractivity contribution in [2.45, 2.75) is 26.2 Å². The van der Waals surface area contributed by atoms with Gasteiger partial charge in [0.15, 0.2) is 0 Å². The highest BCUT2D eigenvalue weighted by Gasteiger charge is 2.38. The molecule has 6 heteroatoms. The van der Waals surface area contributed by atoms with Crippen LogP contribution in [0, 0.1) is 0 Å². The number of benzene rings is 2. The van der Waals surface area contributed by atoms with E-state index in [0.717, 1.165) is 5.56 Å². The van der Waals surface area contributed by atoms with Crippen molar-refractivity contribution in [2.75, 3.05) is 16.0 Å². The molecule has 25 heavy (non-hydrogen) atoms. The van der Waals surface area contributed by atoms with Crippen molar-refractivity contribution in [3.05, 3.63) is 53.6 Å². The number of carbonyl (C=O) groups is 3. The molecule has 6 nitrogen and oxygen atoms in total. The zero-order valence-corrected chi connectivity index (χ0v) is 14.3. The zero-order chi connectivity index (χ0) is 18.2. The van der Waals surface area contributed by atoms with Gasteiger partial charge in [-0.1, -0.05) is 6.07 Å². The fourth-order valence-electron chi connectivity index (χ4n) is 2.78. The Morgan fingerprint density at radius 3 is 2.16 bits per heavy atom. The van der Waals surface area contributed by atoms with E-state index in [1.165, 1.54) is 6.92 Å². The second kappa shape index (κ2) is 6.05. The van der Waals surface area contributed by atoms with E-state index in [4.69, 9.17) is 0 Å². The molecule has 0 atom stereocenters. The van der Waals surface area contributed by atoms with Crippen LogP contribution >= 0.6 is 0 Å². The van der Waals surface area contributed by atoms with Crippen molar-refractivity contribution in [1.82, 2.24) is 0 Å². The van der Waals surface area contributed by atoms with Gasteiger partial charge in [-0.3, -0.25) is 14.4 Å². The van der Waals surface area contributed by atoms with Crippen LogP contribution in [0.3, 0.4) is 0 Å². The van der Waals surface area contributed by atoms with Gasteiger partial charge in [-0.15, -0.1) is 0 Å². The third-order valence-corrected chi connectivity index (χ3v) is 4.23. The van der Waals surface area contributed by atoms with Gasteiger partial charge in [0.25, 0.3) is 5.91 Å². The van der Waals surface area contributed by atoms with Crippen molar-refractivity contribution in [3.8, 4) is 0 Å². The molecule has 0 spiro atoms. The average molecular weight is 337 g/mol. The maximum Gasteiger partial charge on any atom is 0.255 e. The predicted molar refractivity (Wildman–Crippen MR) is 96.8 cm³/mol. The summed E-state index contributed by atoms with van der Waals surface area (Å²) in [6, 6.07) is 12.0. The van der Waals surface area contributed by atoms with Crippen LogP contribution in [-0.2, 0) is 15.0 Å². The fourth-order valence-corrected chi connectivity index (χ4v) is 2.78. The van der Waals surface area contributed by atoms with Crippen molar-refractivity contribution < 1.29 is 14.4 Å². The molecule has 2 aromatic rings. The Bertz CT molecular complexity index is 870. The number of anilines is 3. The lowest BCUT2D eigenvalue weighted by atomic mass is 9.86. The van der Waals surface area contributed by atoms with E-state index in [1.54, 1.807) is 36.4 Å². The van der Waals surface area contributed by atoms with Gasteiger partial charge in [0.2, 0.25) is 11.8 Å². The van der Waals surface area contributed by atoms with E-state index in [9.17, 15) is 14.4 Å². The van der Waals surface area contributed by atoms with Gasteiger partial charge in [0, 0.05) is 29.5 Å². The molecule has 3 amide bonds. The fraction of sp³-hybridized carbons (Fsp3) is 0.211. The summed E-state index contributed by atoms with van der Waals surface area (Å²) in [4.78, 5) is 35.4. The molecular formula is C19H19N3O3. The zero-order valence-electron chi connectivity index (χ0n) is 14.3. The smallest absolute Gasteiger partial charge is 0.255 e. The largest absolute Gasteiger partial charge is 0.326 e. The van der Waals surface area contributed by atoms with Crippen LogP contribution in [0.5, 0.6) is 0 Å². The Morgan fingerprint density at radius 1 is 0.960 bits per heavy atom. The molecule has 1 heterocycles. The summed E-state index contributed by atoms with van der Waals surface area (Å²) in [5.41, 5.74) is 2.70. The van der Waals surface area contributed by atoms with Crippen LogP contribution in [0.2, 0.25) is 0 Å². The lowest BCUT2D eigenvalue weighted by molar-refractivity contribution is -0.119. The maximum absolute atomic E-state index is 12.4. The quantitative estimate of drug-likeness (QED) is 0.804. The minimum Gasteiger partial charge on any atom is -0.326 e. The molecule has 0 fully saturated rings. The first-order chi connectivity index (χ1) is 11.8. The molecule has 1 aliphatic rings. The summed E-state index contributed by atoms with van der Waals surface area (Å²) >= 11 is 0. The first-order valence-electron chi connectivity index (χ1n) is 7.92. The molecule has 128 valence electrons. The molecule has 0 unspecified atom stereocenters. The SMILES string of the molecule is CC(=O)Nc1ccc(NC(=O)c2ccc3c(c2)NC(=O)C3(C)C)cc1. The molecule has 0 bridgehead atoms. The van der Waals surface area contributed by atoms with Crippen LogP contribution < -0.4 is 16.0 Å². The van der Waals surface area contributed by atoms with E-state index in [0.29, 0.717) is 22.6 Å². The Morgan fingerprint density at radius 2 is 1.56 bits per heavy atom. The normalized spacial score (nSPS) is 14.4. The van der Waals surface area contributed by atoms with E-state index in [1.807, 2.05) is 19.9 Å². The molecule has 0 aromatic heterocycles. The molecular weight excluding hydrogens is 318 g/mol. The Labute approximate surface area is 145 Å². The van der Waals surface area contributed by atoms with Gasteiger partial charge in [-0.25, -0.2) is 0 Å². The summed E-state index contributed by atoms with van der Waals surface area (Å²) in [5, 5.41) is 8.28. The summed E-state index contributed by atoms with van der Waals surface area (Å²) in [5.74, 6) is -0.498. The molecule has 3 rings (SSSR count). The molecule has 0 saturated carbocycles. The molecule has 1 aliphatic heterocycles. The maximum atomic E-state index is 12.4. The second-order valence-electron chi connectivity index (χ2n) is 6.55. The third kappa shape index (κ3) is 3.24. The first kappa shape index (κ1) is 16.7. The van der Waals surface area contributed by atoms with Crippen LogP contribution in [0.15, 0.2) is 42.5 Å². The standard InChI is InChI=1S/C19H19N3O3/c1-11(23)20-13-5-7-14(8-6-13)21-17(24)12-4-9-15-16(10-12)22-18(25)19(15,2)3/h4-10H,1-3H3,(H,20,23)(H,21,24)(H,22,25). The highest BCUT2D eigenvalue weighted by atomic mass is 16.2. The number of rotatable bonds is 3. The van der Waals surface area contributed by atoms with Gasteiger partial charge in [0.05, 0.1) is 5.41 Å². The van der Waals surface area contributed by atoms with Gasteiger partial charge in [-0.2, -0.15) is 0 Å². The lowest BCUT2D eigenvalue weighted by Gasteiger charge is -2.15.